The minimum absolute atomic E-state index is 0.130. The van der Waals surface area contributed by atoms with E-state index in [9.17, 15) is 8.42 Å². The maximum Gasteiger partial charge on any atom is 0.260 e. The highest BCUT2D eigenvalue weighted by molar-refractivity contribution is 7.89. The van der Waals surface area contributed by atoms with Crippen molar-refractivity contribution in [3.05, 3.63) is 48.4 Å². The molecular formula is C16H22N4O2S. The summed E-state index contributed by atoms with van der Waals surface area (Å²) in [7, 11) is -3.54. The van der Waals surface area contributed by atoms with Gasteiger partial charge in [0, 0.05) is 25.6 Å². The number of hydrogen-bond donors (Lipinski definition) is 1. The van der Waals surface area contributed by atoms with Crippen molar-refractivity contribution in [3.63, 3.8) is 0 Å². The molecule has 6 nitrogen and oxygen atoms in total. The first-order valence-electron chi connectivity index (χ1n) is 7.83. The van der Waals surface area contributed by atoms with Crippen molar-refractivity contribution in [2.75, 3.05) is 19.6 Å². The minimum Gasteiger partial charge on any atom is -0.330 e. The molecule has 2 heterocycles. The Morgan fingerprint density at radius 3 is 2.65 bits per heavy atom. The van der Waals surface area contributed by atoms with Gasteiger partial charge in [-0.3, -0.25) is 0 Å². The number of imidazole rings is 1. The number of nitrogens with zero attached hydrogens (tertiary/aromatic N) is 3. The van der Waals surface area contributed by atoms with Crippen molar-refractivity contribution in [3.8, 4) is 0 Å². The fourth-order valence-corrected chi connectivity index (χ4v) is 4.91. The van der Waals surface area contributed by atoms with E-state index in [1.807, 2.05) is 37.3 Å². The van der Waals surface area contributed by atoms with Crippen molar-refractivity contribution in [1.29, 1.82) is 0 Å². The van der Waals surface area contributed by atoms with E-state index in [1.54, 1.807) is 15.2 Å². The van der Waals surface area contributed by atoms with Crippen molar-refractivity contribution in [2.24, 2.45) is 11.7 Å². The number of nitrogens with two attached hydrogens (primary N) is 1. The molecule has 1 aliphatic rings. The maximum absolute atomic E-state index is 12.9. The van der Waals surface area contributed by atoms with Gasteiger partial charge in [0.25, 0.3) is 10.0 Å². The highest BCUT2D eigenvalue weighted by Crippen LogP contribution is 2.35. The lowest BCUT2D eigenvalue weighted by Crippen LogP contribution is -2.31. The van der Waals surface area contributed by atoms with E-state index in [2.05, 4.69) is 4.98 Å². The molecule has 23 heavy (non-hydrogen) atoms. The molecular weight excluding hydrogens is 312 g/mol. The normalized spacial score (nSPS) is 22.5. The molecule has 1 aliphatic heterocycles. The second-order valence-electron chi connectivity index (χ2n) is 5.85. The summed E-state index contributed by atoms with van der Waals surface area (Å²) < 4.78 is 29.1. The van der Waals surface area contributed by atoms with Gasteiger partial charge in [-0.25, -0.2) is 13.4 Å². The van der Waals surface area contributed by atoms with Crippen LogP contribution in [0.2, 0.25) is 0 Å². The molecule has 1 saturated heterocycles. The van der Waals surface area contributed by atoms with Crippen LogP contribution in [0.3, 0.4) is 0 Å². The number of rotatable bonds is 5. The van der Waals surface area contributed by atoms with Gasteiger partial charge in [-0.2, -0.15) is 4.31 Å². The minimum atomic E-state index is -3.54. The fourth-order valence-electron chi connectivity index (χ4n) is 3.24. The topological polar surface area (TPSA) is 81.2 Å². The number of aromatic nitrogens is 2. The smallest absolute Gasteiger partial charge is 0.260 e. The molecule has 3 rings (SSSR count). The summed E-state index contributed by atoms with van der Waals surface area (Å²) in [6, 6.07) is 10.0. The lowest BCUT2D eigenvalue weighted by Gasteiger charge is -2.17. The van der Waals surface area contributed by atoms with Gasteiger partial charge in [-0.1, -0.05) is 30.3 Å². The zero-order valence-corrected chi connectivity index (χ0v) is 14.0. The van der Waals surface area contributed by atoms with Crippen molar-refractivity contribution in [1.82, 2.24) is 13.9 Å². The number of sulfonamides is 1. The summed E-state index contributed by atoms with van der Waals surface area (Å²) in [5.74, 6) is 0.263. The van der Waals surface area contributed by atoms with Crippen molar-refractivity contribution < 1.29 is 8.42 Å². The second-order valence-corrected chi connectivity index (χ2v) is 7.74. The molecule has 7 heteroatoms. The van der Waals surface area contributed by atoms with Gasteiger partial charge in [0.1, 0.15) is 0 Å². The fraction of sp³-hybridized carbons (Fsp3) is 0.438. The Hall–Kier alpha value is -1.70. The van der Waals surface area contributed by atoms with E-state index in [0.717, 1.165) is 5.56 Å². The summed E-state index contributed by atoms with van der Waals surface area (Å²) in [4.78, 5) is 3.98. The maximum atomic E-state index is 12.9. The van der Waals surface area contributed by atoms with Crippen LogP contribution in [0.4, 0.5) is 0 Å². The lowest BCUT2D eigenvalue weighted by atomic mass is 9.89. The number of aryl methyl sites for hydroxylation is 1. The molecule has 1 aromatic heterocycles. The van der Waals surface area contributed by atoms with Gasteiger partial charge < -0.3 is 10.3 Å². The van der Waals surface area contributed by atoms with Crippen LogP contribution in [0.5, 0.6) is 0 Å². The first-order chi connectivity index (χ1) is 11.1. The lowest BCUT2D eigenvalue weighted by molar-refractivity contribution is 0.451. The van der Waals surface area contributed by atoms with Crippen LogP contribution in [0.1, 0.15) is 18.4 Å². The zero-order valence-electron chi connectivity index (χ0n) is 13.2. The van der Waals surface area contributed by atoms with Crippen LogP contribution < -0.4 is 5.73 Å². The highest BCUT2D eigenvalue weighted by atomic mass is 32.2. The van der Waals surface area contributed by atoms with Crippen LogP contribution in [-0.4, -0.2) is 41.9 Å². The first-order valence-corrected chi connectivity index (χ1v) is 9.27. The Morgan fingerprint density at radius 2 is 2.00 bits per heavy atom. The van der Waals surface area contributed by atoms with E-state index in [4.69, 9.17) is 5.73 Å². The largest absolute Gasteiger partial charge is 0.330 e. The molecule has 0 bridgehead atoms. The van der Waals surface area contributed by atoms with Crippen LogP contribution in [-0.2, 0) is 16.6 Å². The Balaban J connectivity index is 1.90. The summed E-state index contributed by atoms with van der Waals surface area (Å²) in [5, 5.41) is 0.254. The Labute approximate surface area is 137 Å². The van der Waals surface area contributed by atoms with Gasteiger partial charge in [0.15, 0.2) is 5.03 Å². The SMILES string of the molecule is CCn1cncc1S(=O)(=O)N1C[C@@H](CN)[C@H](c2ccccc2)C1. The molecule has 0 aliphatic carbocycles. The van der Waals surface area contributed by atoms with Crippen molar-refractivity contribution in [2.45, 2.75) is 24.4 Å². The third-order valence-electron chi connectivity index (χ3n) is 4.56. The highest BCUT2D eigenvalue weighted by Gasteiger charge is 2.40. The van der Waals surface area contributed by atoms with E-state index in [-0.39, 0.29) is 16.9 Å². The number of hydrogen-bond acceptors (Lipinski definition) is 4. The van der Waals surface area contributed by atoms with E-state index < -0.39 is 10.0 Å². The van der Waals surface area contributed by atoms with E-state index in [0.29, 0.717) is 26.2 Å². The predicted octanol–water partition coefficient (Wildman–Crippen LogP) is 1.27. The summed E-state index contributed by atoms with van der Waals surface area (Å²) in [5.41, 5.74) is 7.05. The quantitative estimate of drug-likeness (QED) is 0.893. The molecule has 2 aromatic rings. The summed E-state index contributed by atoms with van der Waals surface area (Å²) in [6.45, 7) is 3.86. The second kappa shape index (κ2) is 6.43. The molecule has 124 valence electrons. The van der Waals surface area contributed by atoms with Crippen molar-refractivity contribution >= 4 is 10.0 Å². The Bertz CT molecular complexity index is 757. The summed E-state index contributed by atoms with van der Waals surface area (Å²) in [6.07, 6.45) is 2.98. The van der Waals surface area contributed by atoms with Gasteiger partial charge in [0.05, 0.1) is 12.5 Å². The van der Waals surface area contributed by atoms with E-state index >= 15 is 0 Å². The molecule has 0 radical (unpaired) electrons. The molecule has 1 fully saturated rings. The monoisotopic (exact) mass is 334 g/mol. The Kier molecular flexibility index (Phi) is 4.52. The summed E-state index contributed by atoms with van der Waals surface area (Å²) >= 11 is 0. The molecule has 2 N–H and O–H groups in total. The predicted molar refractivity (Wildman–Crippen MR) is 88.4 cm³/mol. The molecule has 0 unspecified atom stereocenters. The molecule has 0 spiro atoms. The third kappa shape index (κ3) is 2.91. The number of benzene rings is 1. The average Bonchev–Trinajstić information content (AvgIpc) is 3.22. The molecule has 1 aromatic carbocycles. The molecule has 0 saturated carbocycles. The van der Waals surface area contributed by atoms with Crippen LogP contribution >= 0.6 is 0 Å². The Morgan fingerprint density at radius 1 is 1.26 bits per heavy atom. The zero-order chi connectivity index (χ0) is 16.4. The standard InChI is InChI=1S/C16H22N4O2S/c1-2-19-12-18-9-16(19)23(21,22)20-10-14(8-17)15(11-20)13-6-4-3-5-7-13/h3-7,9,12,14-15H,2,8,10-11,17H2,1H3/t14-,15+/m1/s1. The van der Waals surface area contributed by atoms with Crippen LogP contribution in [0.15, 0.2) is 47.9 Å². The molecule has 2 atom stereocenters. The van der Waals surface area contributed by atoms with Gasteiger partial charge >= 0.3 is 0 Å². The van der Waals surface area contributed by atoms with Gasteiger partial charge in [-0.15, -0.1) is 0 Å². The molecule has 0 amide bonds. The first kappa shape index (κ1) is 16.2. The van der Waals surface area contributed by atoms with Gasteiger partial charge in [0.2, 0.25) is 0 Å². The average molecular weight is 334 g/mol. The van der Waals surface area contributed by atoms with Gasteiger partial charge in [-0.05, 0) is 24.9 Å². The van der Waals surface area contributed by atoms with Crippen LogP contribution in [0, 0.1) is 5.92 Å². The third-order valence-corrected chi connectivity index (χ3v) is 6.40. The van der Waals surface area contributed by atoms with Crippen LogP contribution in [0.25, 0.3) is 0 Å². The van der Waals surface area contributed by atoms with E-state index in [1.165, 1.54) is 6.20 Å².